The van der Waals surface area contributed by atoms with Gasteiger partial charge in [-0.3, -0.25) is 9.59 Å². The van der Waals surface area contributed by atoms with Gasteiger partial charge in [0.15, 0.2) is 6.61 Å². The van der Waals surface area contributed by atoms with Crippen LogP contribution in [0.3, 0.4) is 0 Å². The minimum atomic E-state index is -0.682. The fourth-order valence-electron chi connectivity index (χ4n) is 1.95. The number of anilines is 1. The predicted molar refractivity (Wildman–Crippen MR) is 95.0 cm³/mol. The van der Waals surface area contributed by atoms with Gasteiger partial charge >= 0.3 is 5.97 Å². The van der Waals surface area contributed by atoms with Crippen LogP contribution in [0, 0.1) is 0 Å². The molecule has 3 N–H and O–H groups in total. The van der Waals surface area contributed by atoms with Gasteiger partial charge in [-0.1, -0.05) is 35.9 Å². The first-order valence-corrected chi connectivity index (χ1v) is 7.62. The van der Waals surface area contributed by atoms with E-state index in [1.165, 1.54) is 24.3 Å². The molecule has 0 aromatic heterocycles. The Morgan fingerprint density at radius 2 is 1.88 bits per heavy atom. The highest BCUT2D eigenvalue weighted by atomic mass is 35.5. The quantitative estimate of drug-likeness (QED) is 0.612. The van der Waals surface area contributed by atoms with Gasteiger partial charge < -0.3 is 15.8 Å². The topological polar surface area (TPSA) is 98.5 Å². The van der Waals surface area contributed by atoms with Crippen LogP contribution in [-0.2, 0) is 14.3 Å². The molecule has 2 aromatic rings. The number of nitrogens with one attached hydrogen (secondary N) is 1. The fourth-order valence-corrected chi connectivity index (χ4v) is 2.15. The van der Waals surface area contributed by atoms with E-state index >= 15 is 0 Å². The molecule has 0 aliphatic carbocycles. The second kappa shape index (κ2) is 8.65. The normalized spacial score (nSPS) is 10.4. The van der Waals surface area contributed by atoms with E-state index in [2.05, 4.69) is 5.32 Å². The highest BCUT2D eigenvalue weighted by Crippen LogP contribution is 2.14. The van der Waals surface area contributed by atoms with Crippen molar-refractivity contribution in [3.63, 3.8) is 0 Å². The lowest BCUT2D eigenvalue weighted by Crippen LogP contribution is -2.22. The molecule has 2 amide bonds. The van der Waals surface area contributed by atoms with Gasteiger partial charge in [-0.25, -0.2) is 4.79 Å². The summed E-state index contributed by atoms with van der Waals surface area (Å²) in [6, 6.07) is 13.2. The van der Waals surface area contributed by atoms with Crippen molar-refractivity contribution in [1.82, 2.24) is 0 Å². The molecule has 0 radical (unpaired) electrons. The molecule has 0 aliphatic heterocycles. The van der Waals surface area contributed by atoms with E-state index < -0.39 is 24.4 Å². The maximum atomic E-state index is 11.8. The average Bonchev–Trinajstić information content (AvgIpc) is 2.58. The van der Waals surface area contributed by atoms with Gasteiger partial charge in [-0.2, -0.15) is 0 Å². The average molecular weight is 359 g/mol. The largest absolute Gasteiger partial charge is 0.452 e. The number of hydrogen-bond acceptors (Lipinski definition) is 4. The second-order valence-electron chi connectivity index (χ2n) is 4.95. The van der Waals surface area contributed by atoms with Crippen molar-refractivity contribution in [1.29, 1.82) is 0 Å². The van der Waals surface area contributed by atoms with Crippen LogP contribution in [0.2, 0.25) is 5.02 Å². The summed E-state index contributed by atoms with van der Waals surface area (Å²) in [4.78, 5) is 34.7. The number of para-hydroxylation sites is 1. The van der Waals surface area contributed by atoms with Crippen molar-refractivity contribution in [3.8, 4) is 0 Å². The van der Waals surface area contributed by atoms with Crippen molar-refractivity contribution in [2.75, 3.05) is 11.9 Å². The summed E-state index contributed by atoms with van der Waals surface area (Å²) in [7, 11) is 0. The minimum absolute atomic E-state index is 0.169. The summed E-state index contributed by atoms with van der Waals surface area (Å²) < 4.78 is 4.84. The van der Waals surface area contributed by atoms with E-state index in [0.717, 1.165) is 5.56 Å². The van der Waals surface area contributed by atoms with Gasteiger partial charge in [0.2, 0.25) is 0 Å². The number of hydrogen-bond donors (Lipinski definition) is 2. The van der Waals surface area contributed by atoms with Crippen LogP contribution in [0.5, 0.6) is 0 Å². The first-order chi connectivity index (χ1) is 12.0. The zero-order valence-electron chi connectivity index (χ0n) is 13.1. The van der Waals surface area contributed by atoms with E-state index in [-0.39, 0.29) is 11.3 Å². The molecule has 2 aromatic carbocycles. The molecule has 0 fully saturated rings. The lowest BCUT2D eigenvalue weighted by atomic mass is 10.1. The standard InChI is InChI=1S/C18H15ClN2O4/c19-13-5-3-4-12(10-13)8-9-17(23)25-11-16(22)21-15-7-2-1-6-14(15)18(20)24/h1-10H,11H2,(H2,20,24)(H,21,22)/b9-8+. The van der Waals surface area contributed by atoms with Crippen molar-refractivity contribution in [2.45, 2.75) is 0 Å². The van der Waals surface area contributed by atoms with Gasteiger partial charge in [0, 0.05) is 11.1 Å². The summed E-state index contributed by atoms with van der Waals surface area (Å²) in [5.41, 5.74) is 6.37. The number of rotatable bonds is 6. The summed E-state index contributed by atoms with van der Waals surface area (Å²) in [5.74, 6) is -1.94. The molecule has 0 unspecified atom stereocenters. The van der Waals surface area contributed by atoms with Gasteiger partial charge in [-0.15, -0.1) is 0 Å². The highest BCUT2D eigenvalue weighted by molar-refractivity contribution is 6.30. The van der Waals surface area contributed by atoms with E-state index in [1.54, 1.807) is 36.4 Å². The number of primary amides is 1. The lowest BCUT2D eigenvalue weighted by molar-refractivity contribution is -0.142. The Bertz CT molecular complexity index is 833. The van der Waals surface area contributed by atoms with Gasteiger partial charge in [0.25, 0.3) is 11.8 Å². The van der Waals surface area contributed by atoms with Crippen LogP contribution in [-0.4, -0.2) is 24.4 Å². The van der Waals surface area contributed by atoms with E-state index in [0.29, 0.717) is 5.02 Å². The molecule has 0 atom stereocenters. The Balaban J connectivity index is 1.88. The Morgan fingerprint density at radius 1 is 1.12 bits per heavy atom. The lowest BCUT2D eigenvalue weighted by Gasteiger charge is -2.08. The molecular weight excluding hydrogens is 344 g/mol. The molecule has 6 nitrogen and oxygen atoms in total. The van der Waals surface area contributed by atoms with Gasteiger partial charge in [0.1, 0.15) is 0 Å². The van der Waals surface area contributed by atoms with Crippen LogP contribution in [0.1, 0.15) is 15.9 Å². The molecule has 128 valence electrons. The van der Waals surface area contributed by atoms with E-state index in [4.69, 9.17) is 22.1 Å². The molecule has 0 saturated heterocycles. The Morgan fingerprint density at radius 3 is 2.60 bits per heavy atom. The van der Waals surface area contributed by atoms with Crippen molar-refractivity contribution in [3.05, 3.63) is 70.8 Å². The molecule has 2 rings (SSSR count). The maximum absolute atomic E-state index is 11.8. The third-order valence-electron chi connectivity index (χ3n) is 3.07. The molecule has 0 aliphatic rings. The third-order valence-corrected chi connectivity index (χ3v) is 3.31. The van der Waals surface area contributed by atoms with Gasteiger partial charge in [-0.05, 0) is 35.9 Å². The summed E-state index contributed by atoms with van der Waals surface area (Å²) >= 11 is 5.84. The fraction of sp³-hybridized carbons (Fsp3) is 0.0556. The number of amides is 2. The molecule has 0 heterocycles. The van der Waals surface area contributed by atoms with Crippen LogP contribution >= 0.6 is 11.6 Å². The number of halogens is 1. The Kier molecular flexibility index (Phi) is 6.31. The Labute approximate surface area is 149 Å². The predicted octanol–water partition coefficient (Wildman–Crippen LogP) is 2.63. The number of nitrogens with two attached hydrogens (primary N) is 1. The van der Waals surface area contributed by atoms with Crippen LogP contribution in [0.4, 0.5) is 5.69 Å². The molecular formula is C18H15ClN2O4. The number of ether oxygens (including phenoxy) is 1. The third kappa shape index (κ3) is 5.78. The molecule has 0 saturated carbocycles. The molecule has 7 heteroatoms. The van der Waals surface area contributed by atoms with Crippen LogP contribution < -0.4 is 11.1 Å². The zero-order chi connectivity index (χ0) is 18.2. The SMILES string of the molecule is NC(=O)c1ccccc1NC(=O)COC(=O)/C=C/c1cccc(Cl)c1. The number of carbonyl (C=O) groups is 3. The van der Waals surface area contributed by atoms with Gasteiger partial charge in [0.05, 0.1) is 11.3 Å². The van der Waals surface area contributed by atoms with Crippen LogP contribution in [0.15, 0.2) is 54.6 Å². The molecule has 0 spiro atoms. The smallest absolute Gasteiger partial charge is 0.331 e. The van der Waals surface area contributed by atoms with E-state index in [1.807, 2.05) is 0 Å². The summed E-state index contributed by atoms with van der Waals surface area (Å²) in [6.45, 7) is -0.494. The molecule has 25 heavy (non-hydrogen) atoms. The minimum Gasteiger partial charge on any atom is -0.452 e. The number of esters is 1. The molecule has 0 bridgehead atoms. The second-order valence-corrected chi connectivity index (χ2v) is 5.39. The maximum Gasteiger partial charge on any atom is 0.331 e. The Hall–Kier alpha value is -3.12. The van der Waals surface area contributed by atoms with Crippen molar-refractivity contribution < 1.29 is 19.1 Å². The first kappa shape index (κ1) is 18.2. The number of benzene rings is 2. The zero-order valence-corrected chi connectivity index (χ0v) is 13.8. The van der Waals surface area contributed by atoms with Crippen molar-refractivity contribution >= 4 is 41.1 Å². The monoisotopic (exact) mass is 358 g/mol. The summed E-state index contributed by atoms with van der Waals surface area (Å²) in [5, 5.41) is 3.01. The first-order valence-electron chi connectivity index (χ1n) is 7.25. The van der Waals surface area contributed by atoms with Crippen molar-refractivity contribution in [2.24, 2.45) is 5.73 Å². The van der Waals surface area contributed by atoms with Crippen LogP contribution in [0.25, 0.3) is 6.08 Å². The summed E-state index contributed by atoms with van der Waals surface area (Å²) in [6.07, 6.45) is 2.71. The number of carbonyl (C=O) groups excluding carboxylic acids is 3. The highest BCUT2D eigenvalue weighted by Gasteiger charge is 2.11. The van der Waals surface area contributed by atoms with E-state index in [9.17, 15) is 14.4 Å².